The summed E-state index contributed by atoms with van der Waals surface area (Å²) in [5.74, 6) is -4.64. The van der Waals surface area contributed by atoms with Gasteiger partial charge in [-0.1, -0.05) is 0 Å². The minimum absolute atomic E-state index is 0.0423. The van der Waals surface area contributed by atoms with E-state index in [0.29, 0.717) is 0 Å². The average Bonchev–Trinajstić information content (AvgIpc) is 2.65. The van der Waals surface area contributed by atoms with Crippen LogP contribution in [0.25, 0.3) is 0 Å². The molecule has 5 nitrogen and oxygen atoms in total. The van der Waals surface area contributed by atoms with Crippen LogP contribution in [0.1, 0.15) is 20.8 Å². The lowest BCUT2D eigenvalue weighted by atomic mass is 9.55. The SMILES string of the molecule is CC1(C)OC(=O)[C@H]2[C@@H]3CN(C(=O)C(F)(F)F)C[C@@H]3[C@@]2(C)O1. The highest BCUT2D eigenvalue weighted by Gasteiger charge is 2.71. The van der Waals surface area contributed by atoms with E-state index in [2.05, 4.69) is 0 Å². The molecule has 3 fully saturated rings. The number of alkyl halides is 3. The van der Waals surface area contributed by atoms with Crippen LogP contribution < -0.4 is 0 Å². The van der Waals surface area contributed by atoms with Crippen LogP contribution in [-0.2, 0) is 19.1 Å². The fourth-order valence-electron chi connectivity index (χ4n) is 4.06. The number of amides is 1. The Morgan fingerprint density at radius 1 is 1.29 bits per heavy atom. The summed E-state index contributed by atoms with van der Waals surface area (Å²) in [7, 11) is 0. The highest BCUT2D eigenvalue weighted by atomic mass is 19.4. The van der Waals surface area contributed by atoms with Gasteiger partial charge in [0.1, 0.15) is 0 Å². The topological polar surface area (TPSA) is 55.8 Å². The number of esters is 1. The van der Waals surface area contributed by atoms with Gasteiger partial charge in [-0.25, -0.2) is 0 Å². The van der Waals surface area contributed by atoms with Gasteiger partial charge in [-0.3, -0.25) is 9.59 Å². The Kier molecular flexibility index (Phi) is 2.72. The maximum absolute atomic E-state index is 12.5. The van der Waals surface area contributed by atoms with Gasteiger partial charge < -0.3 is 14.4 Å². The molecule has 0 bridgehead atoms. The van der Waals surface area contributed by atoms with E-state index >= 15 is 0 Å². The summed E-state index contributed by atoms with van der Waals surface area (Å²) < 4.78 is 48.5. The van der Waals surface area contributed by atoms with Crippen LogP contribution in [0.5, 0.6) is 0 Å². The van der Waals surface area contributed by atoms with Crippen molar-refractivity contribution in [3.63, 3.8) is 0 Å². The van der Waals surface area contributed by atoms with Crippen LogP contribution in [0.15, 0.2) is 0 Å². The highest BCUT2D eigenvalue weighted by molar-refractivity contribution is 5.83. The molecule has 0 N–H and O–H groups in total. The first-order valence-electron chi connectivity index (χ1n) is 6.75. The minimum atomic E-state index is -4.89. The smallest absolute Gasteiger partial charge is 0.433 e. The van der Waals surface area contributed by atoms with Crippen LogP contribution in [0.2, 0.25) is 0 Å². The highest BCUT2D eigenvalue weighted by Crippen LogP contribution is 2.59. The fourth-order valence-corrected chi connectivity index (χ4v) is 4.06. The van der Waals surface area contributed by atoms with Gasteiger partial charge in [0, 0.05) is 32.9 Å². The Morgan fingerprint density at radius 3 is 2.48 bits per heavy atom. The van der Waals surface area contributed by atoms with Crippen molar-refractivity contribution in [3.05, 3.63) is 0 Å². The van der Waals surface area contributed by atoms with Crippen molar-refractivity contribution in [2.75, 3.05) is 13.1 Å². The average molecular weight is 307 g/mol. The molecule has 1 aliphatic carbocycles. The molecule has 1 amide bonds. The summed E-state index contributed by atoms with van der Waals surface area (Å²) in [6, 6.07) is 0. The first kappa shape index (κ1) is 14.6. The third-order valence-electron chi connectivity index (χ3n) is 4.74. The minimum Gasteiger partial charge on any atom is -0.433 e. The Bertz CT molecular complexity index is 518. The number of carbonyl (C=O) groups excluding carboxylic acids is 2. The van der Waals surface area contributed by atoms with Gasteiger partial charge in [0.25, 0.3) is 0 Å². The lowest BCUT2D eigenvalue weighted by molar-refractivity contribution is -0.350. The van der Waals surface area contributed by atoms with Crippen molar-refractivity contribution in [3.8, 4) is 0 Å². The van der Waals surface area contributed by atoms with E-state index < -0.39 is 35.4 Å². The number of hydrogen-bond donors (Lipinski definition) is 0. The van der Waals surface area contributed by atoms with E-state index in [-0.39, 0.29) is 24.9 Å². The number of rotatable bonds is 0. The Labute approximate surface area is 119 Å². The molecule has 1 saturated carbocycles. The van der Waals surface area contributed by atoms with Crippen molar-refractivity contribution >= 4 is 11.9 Å². The summed E-state index contributed by atoms with van der Waals surface area (Å²) in [5, 5.41) is 0. The van der Waals surface area contributed by atoms with Gasteiger partial charge in [0.05, 0.1) is 11.5 Å². The van der Waals surface area contributed by atoms with Crippen molar-refractivity contribution in [1.29, 1.82) is 0 Å². The quantitative estimate of drug-likeness (QED) is 0.633. The molecule has 2 aliphatic heterocycles. The molecule has 118 valence electrons. The summed E-state index contributed by atoms with van der Waals surface area (Å²) >= 11 is 0. The van der Waals surface area contributed by atoms with E-state index in [1.165, 1.54) is 0 Å². The molecule has 4 atom stereocenters. The van der Waals surface area contributed by atoms with Crippen LogP contribution in [0, 0.1) is 17.8 Å². The van der Waals surface area contributed by atoms with E-state index in [0.717, 1.165) is 4.90 Å². The number of nitrogens with zero attached hydrogens (tertiary/aromatic N) is 1. The largest absolute Gasteiger partial charge is 0.471 e. The second-order valence-corrected chi connectivity index (χ2v) is 6.56. The fraction of sp³-hybridized carbons (Fsp3) is 0.846. The normalized spacial score (nSPS) is 41.0. The third-order valence-corrected chi connectivity index (χ3v) is 4.74. The Morgan fingerprint density at radius 2 is 1.90 bits per heavy atom. The molecular formula is C13H16F3NO4. The molecule has 0 aromatic carbocycles. The molecular weight excluding hydrogens is 291 g/mol. The first-order chi connectivity index (χ1) is 9.46. The van der Waals surface area contributed by atoms with Gasteiger partial charge in [0.15, 0.2) is 0 Å². The number of halogens is 3. The van der Waals surface area contributed by atoms with Crippen molar-refractivity contribution < 1.29 is 32.2 Å². The summed E-state index contributed by atoms with van der Waals surface area (Å²) in [6.07, 6.45) is -4.89. The molecule has 0 aromatic rings. The lowest BCUT2D eigenvalue weighted by Gasteiger charge is -2.60. The maximum atomic E-state index is 12.5. The van der Waals surface area contributed by atoms with Gasteiger partial charge in [-0.15, -0.1) is 0 Å². The molecule has 21 heavy (non-hydrogen) atoms. The zero-order chi connectivity index (χ0) is 15.8. The van der Waals surface area contributed by atoms with Gasteiger partial charge in [0.2, 0.25) is 5.79 Å². The third kappa shape index (κ3) is 1.95. The summed E-state index contributed by atoms with van der Waals surface area (Å²) in [6.45, 7) is 4.77. The van der Waals surface area contributed by atoms with Crippen LogP contribution in [0.3, 0.4) is 0 Å². The molecule has 2 heterocycles. The van der Waals surface area contributed by atoms with Gasteiger partial charge >= 0.3 is 18.1 Å². The maximum Gasteiger partial charge on any atom is 0.471 e. The molecule has 0 unspecified atom stereocenters. The van der Waals surface area contributed by atoms with Crippen molar-refractivity contribution in [2.24, 2.45) is 17.8 Å². The molecule has 0 radical (unpaired) electrons. The van der Waals surface area contributed by atoms with Crippen LogP contribution in [-0.4, -0.2) is 47.4 Å². The first-order valence-corrected chi connectivity index (χ1v) is 6.75. The molecule has 3 aliphatic rings. The number of fused-ring (bicyclic) bond motifs is 4. The van der Waals surface area contributed by atoms with E-state index in [9.17, 15) is 22.8 Å². The molecule has 3 rings (SSSR count). The second kappa shape index (κ2) is 3.91. The van der Waals surface area contributed by atoms with Crippen molar-refractivity contribution in [1.82, 2.24) is 4.90 Å². The summed E-state index contributed by atoms with van der Waals surface area (Å²) in [4.78, 5) is 24.2. The van der Waals surface area contributed by atoms with Crippen LogP contribution in [0.4, 0.5) is 13.2 Å². The predicted octanol–water partition coefficient (Wildman–Crippen LogP) is 1.32. The molecule has 8 heteroatoms. The van der Waals surface area contributed by atoms with Crippen molar-refractivity contribution in [2.45, 2.75) is 38.3 Å². The van der Waals surface area contributed by atoms with E-state index in [1.54, 1.807) is 20.8 Å². The number of ether oxygens (including phenoxy) is 2. The predicted molar refractivity (Wildman–Crippen MR) is 62.8 cm³/mol. The molecule has 0 aromatic heterocycles. The molecule has 2 saturated heterocycles. The number of carbonyl (C=O) groups is 2. The van der Waals surface area contributed by atoms with Gasteiger partial charge in [-0.2, -0.15) is 13.2 Å². The van der Waals surface area contributed by atoms with E-state index in [4.69, 9.17) is 9.47 Å². The lowest BCUT2D eigenvalue weighted by Crippen LogP contribution is -2.70. The monoisotopic (exact) mass is 307 g/mol. The number of likely N-dealkylation sites (tertiary alicyclic amines) is 1. The summed E-state index contributed by atoms with van der Waals surface area (Å²) in [5.41, 5.74) is -0.871. The standard InChI is InChI=1S/C13H16F3NO4/c1-11(2)20-9(18)8-6-4-17(10(19)13(14,15)16)5-7(6)12(8,3)21-11/h6-8H,4-5H2,1-3H3/t6-,7+,8-,12-/m1/s1. The zero-order valence-corrected chi connectivity index (χ0v) is 11.9. The van der Waals surface area contributed by atoms with Gasteiger partial charge in [-0.05, 0) is 12.8 Å². The number of hydrogen-bond acceptors (Lipinski definition) is 4. The van der Waals surface area contributed by atoms with Crippen LogP contribution >= 0.6 is 0 Å². The molecule has 0 spiro atoms. The Balaban J connectivity index is 1.82. The Hall–Kier alpha value is -1.31. The zero-order valence-electron chi connectivity index (χ0n) is 11.9. The van der Waals surface area contributed by atoms with E-state index in [1.807, 2.05) is 0 Å². The second-order valence-electron chi connectivity index (χ2n) is 6.56. The number of cyclic esters (lactones) is 1.